The highest BCUT2D eigenvalue weighted by Crippen LogP contribution is 2.29. The molecule has 7 heteroatoms. The van der Waals surface area contributed by atoms with Gasteiger partial charge in [-0.1, -0.05) is 23.7 Å². The van der Waals surface area contributed by atoms with Crippen molar-refractivity contribution in [3.8, 4) is 5.75 Å². The number of aryl methyl sites for hydroxylation is 1. The lowest BCUT2D eigenvalue weighted by Gasteiger charge is -2.10. The van der Waals surface area contributed by atoms with E-state index in [1.54, 1.807) is 30.0 Å². The van der Waals surface area contributed by atoms with E-state index in [1.165, 1.54) is 0 Å². The van der Waals surface area contributed by atoms with Gasteiger partial charge in [-0.05, 0) is 25.1 Å². The third-order valence-corrected chi connectivity index (χ3v) is 4.12. The van der Waals surface area contributed by atoms with Gasteiger partial charge in [0.2, 0.25) is 0 Å². The van der Waals surface area contributed by atoms with Gasteiger partial charge in [0.1, 0.15) is 18.1 Å². The summed E-state index contributed by atoms with van der Waals surface area (Å²) in [7, 11) is 0. The summed E-state index contributed by atoms with van der Waals surface area (Å²) < 4.78 is 7.60. The standard InChI is InChI=1S/C17H16ClN3O3/c1-2-21-14-7-8-19-9-11(14)12(16(21)17(22)20-23)10-24-15-6-4-3-5-13(15)18/h3-9,23H,2,10H2,1H3,(H,20,22). The van der Waals surface area contributed by atoms with Crippen molar-refractivity contribution in [2.45, 2.75) is 20.1 Å². The van der Waals surface area contributed by atoms with Gasteiger partial charge in [-0.15, -0.1) is 0 Å². The number of hydrogen-bond acceptors (Lipinski definition) is 4. The van der Waals surface area contributed by atoms with Crippen LogP contribution in [0.4, 0.5) is 0 Å². The minimum absolute atomic E-state index is 0.127. The fraction of sp³-hybridized carbons (Fsp3) is 0.176. The first-order chi connectivity index (χ1) is 11.7. The second-order valence-corrected chi connectivity index (χ2v) is 5.53. The van der Waals surface area contributed by atoms with Crippen LogP contribution in [0.15, 0.2) is 42.7 Å². The van der Waals surface area contributed by atoms with E-state index in [1.807, 2.05) is 29.7 Å². The molecule has 124 valence electrons. The summed E-state index contributed by atoms with van der Waals surface area (Å²) in [6.45, 7) is 2.61. The highest BCUT2D eigenvalue weighted by Gasteiger charge is 2.22. The number of hydrogen-bond donors (Lipinski definition) is 2. The molecule has 0 aliphatic carbocycles. The first-order valence-corrected chi connectivity index (χ1v) is 7.82. The van der Waals surface area contributed by atoms with Crippen LogP contribution in [0.5, 0.6) is 5.75 Å². The molecule has 0 saturated heterocycles. The van der Waals surface area contributed by atoms with Crippen LogP contribution in [0.3, 0.4) is 0 Å². The van der Waals surface area contributed by atoms with E-state index >= 15 is 0 Å². The fourth-order valence-corrected chi connectivity index (χ4v) is 2.96. The molecular weight excluding hydrogens is 330 g/mol. The number of amides is 1. The number of carbonyl (C=O) groups excluding carboxylic acids is 1. The number of benzene rings is 1. The van der Waals surface area contributed by atoms with Crippen molar-refractivity contribution < 1.29 is 14.7 Å². The Morgan fingerprint density at radius 3 is 2.88 bits per heavy atom. The number of hydroxylamine groups is 1. The zero-order valence-corrected chi connectivity index (χ0v) is 13.7. The highest BCUT2D eigenvalue weighted by atomic mass is 35.5. The van der Waals surface area contributed by atoms with Gasteiger partial charge in [0.05, 0.1) is 10.5 Å². The van der Waals surface area contributed by atoms with Crippen LogP contribution >= 0.6 is 11.6 Å². The average Bonchev–Trinajstić information content (AvgIpc) is 2.94. The summed E-state index contributed by atoms with van der Waals surface area (Å²) in [4.78, 5) is 16.3. The largest absolute Gasteiger partial charge is 0.487 e. The predicted molar refractivity (Wildman–Crippen MR) is 90.4 cm³/mol. The average molecular weight is 346 g/mol. The highest BCUT2D eigenvalue weighted by molar-refractivity contribution is 6.32. The molecule has 0 spiro atoms. The lowest BCUT2D eigenvalue weighted by atomic mass is 10.1. The quantitative estimate of drug-likeness (QED) is 0.549. The third kappa shape index (κ3) is 2.81. The van der Waals surface area contributed by atoms with Crippen molar-refractivity contribution in [2.75, 3.05) is 0 Å². The Morgan fingerprint density at radius 1 is 1.38 bits per heavy atom. The Bertz CT molecular complexity index is 892. The molecule has 1 amide bonds. The number of rotatable bonds is 5. The molecule has 1 aromatic carbocycles. The normalized spacial score (nSPS) is 10.8. The number of carbonyl (C=O) groups is 1. The zero-order chi connectivity index (χ0) is 17.1. The second-order valence-electron chi connectivity index (χ2n) is 5.12. The van der Waals surface area contributed by atoms with Gasteiger partial charge in [0.25, 0.3) is 5.91 Å². The molecule has 0 atom stereocenters. The van der Waals surface area contributed by atoms with Gasteiger partial charge in [0, 0.05) is 29.9 Å². The summed E-state index contributed by atoms with van der Waals surface area (Å²) in [5.74, 6) is -0.0679. The van der Waals surface area contributed by atoms with E-state index in [0.717, 1.165) is 10.9 Å². The molecule has 24 heavy (non-hydrogen) atoms. The molecule has 0 aliphatic heterocycles. The minimum Gasteiger partial charge on any atom is -0.487 e. The molecule has 0 bridgehead atoms. The molecule has 3 rings (SSSR count). The van der Waals surface area contributed by atoms with Crippen molar-refractivity contribution >= 4 is 28.4 Å². The molecule has 0 saturated carbocycles. The topological polar surface area (TPSA) is 76.4 Å². The number of aromatic nitrogens is 2. The Morgan fingerprint density at radius 2 is 2.17 bits per heavy atom. The zero-order valence-electron chi connectivity index (χ0n) is 13.0. The van der Waals surface area contributed by atoms with Crippen molar-refractivity contribution in [1.29, 1.82) is 0 Å². The van der Waals surface area contributed by atoms with Gasteiger partial charge < -0.3 is 9.30 Å². The number of para-hydroxylation sites is 1. The smallest absolute Gasteiger partial charge is 0.291 e. The van der Waals surface area contributed by atoms with E-state index in [2.05, 4.69) is 4.98 Å². The maximum Gasteiger partial charge on any atom is 0.291 e. The van der Waals surface area contributed by atoms with Crippen LogP contribution in [0, 0.1) is 0 Å². The van der Waals surface area contributed by atoms with E-state index in [9.17, 15) is 4.79 Å². The van der Waals surface area contributed by atoms with Crippen LogP contribution in [-0.2, 0) is 13.2 Å². The second kappa shape index (κ2) is 6.90. The van der Waals surface area contributed by atoms with Crippen LogP contribution in [0.25, 0.3) is 10.9 Å². The van der Waals surface area contributed by atoms with Crippen LogP contribution < -0.4 is 10.2 Å². The van der Waals surface area contributed by atoms with E-state index in [4.69, 9.17) is 21.5 Å². The summed E-state index contributed by atoms with van der Waals surface area (Å²) >= 11 is 6.11. The fourth-order valence-electron chi connectivity index (χ4n) is 2.76. The van der Waals surface area contributed by atoms with Crippen LogP contribution in [-0.4, -0.2) is 20.7 Å². The van der Waals surface area contributed by atoms with Crippen molar-refractivity contribution in [2.24, 2.45) is 0 Å². The summed E-state index contributed by atoms with van der Waals surface area (Å²) in [5.41, 5.74) is 3.54. The molecule has 3 aromatic rings. The molecule has 6 nitrogen and oxygen atoms in total. The SMILES string of the molecule is CCn1c(C(=O)NO)c(COc2ccccc2Cl)c2cnccc21. The maximum atomic E-state index is 12.2. The molecule has 2 heterocycles. The Labute approximate surface area is 143 Å². The van der Waals surface area contributed by atoms with Crippen LogP contribution in [0.1, 0.15) is 23.0 Å². The first-order valence-electron chi connectivity index (χ1n) is 7.44. The molecule has 0 aliphatic rings. The minimum atomic E-state index is -0.592. The number of pyridine rings is 1. The summed E-state index contributed by atoms with van der Waals surface area (Å²) in [6, 6.07) is 8.94. The van der Waals surface area contributed by atoms with Crippen LogP contribution in [0.2, 0.25) is 5.02 Å². The third-order valence-electron chi connectivity index (χ3n) is 3.81. The monoisotopic (exact) mass is 345 g/mol. The Hall–Kier alpha value is -2.57. The predicted octanol–water partition coefficient (Wildman–Crippen LogP) is 3.41. The molecular formula is C17H16ClN3O3. The molecule has 0 unspecified atom stereocenters. The Kier molecular flexibility index (Phi) is 4.69. The van der Waals surface area contributed by atoms with Crippen molar-refractivity contribution in [3.05, 3.63) is 59.0 Å². The summed E-state index contributed by atoms with van der Waals surface area (Å²) in [6.07, 6.45) is 3.34. The van der Waals surface area contributed by atoms with E-state index in [0.29, 0.717) is 28.6 Å². The van der Waals surface area contributed by atoms with Gasteiger partial charge in [-0.2, -0.15) is 0 Å². The molecule has 0 fully saturated rings. The van der Waals surface area contributed by atoms with Gasteiger partial charge >= 0.3 is 0 Å². The van der Waals surface area contributed by atoms with E-state index < -0.39 is 5.91 Å². The van der Waals surface area contributed by atoms with E-state index in [-0.39, 0.29) is 6.61 Å². The molecule has 2 N–H and O–H groups in total. The first kappa shape index (κ1) is 16.3. The van der Waals surface area contributed by atoms with Gasteiger partial charge in [-0.25, -0.2) is 5.48 Å². The maximum absolute atomic E-state index is 12.2. The van der Waals surface area contributed by atoms with Crippen molar-refractivity contribution in [1.82, 2.24) is 15.0 Å². The van der Waals surface area contributed by atoms with Crippen molar-refractivity contribution in [3.63, 3.8) is 0 Å². The Balaban J connectivity index is 2.08. The van der Waals surface area contributed by atoms with Gasteiger partial charge in [-0.3, -0.25) is 15.0 Å². The van der Waals surface area contributed by atoms with Gasteiger partial charge in [0.15, 0.2) is 0 Å². The number of halogens is 1. The summed E-state index contributed by atoms with van der Waals surface area (Å²) in [5, 5.41) is 10.4. The number of fused-ring (bicyclic) bond motifs is 1. The number of ether oxygens (including phenoxy) is 1. The molecule has 0 radical (unpaired) electrons. The number of nitrogens with zero attached hydrogens (tertiary/aromatic N) is 2. The lowest BCUT2D eigenvalue weighted by Crippen LogP contribution is -2.24. The molecule has 2 aromatic heterocycles. The lowest BCUT2D eigenvalue weighted by molar-refractivity contribution is 0.0694. The number of nitrogens with one attached hydrogen (secondary N) is 1.